The molecule has 0 unspecified atom stereocenters. The van der Waals surface area contributed by atoms with Crippen molar-refractivity contribution in [1.29, 1.82) is 0 Å². The number of nitrogens with zero attached hydrogens (tertiary/aromatic N) is 4. The van der Waals surface area contributed by atoms with E-state index in [1.54, 1.807) is 0 Å². The number of H-pyrrole nitrogens is 1. The quantitative estimate of drug-likeness (QED) is 0.682. The molecule has 15 heavy (non-hydrogen) atoms. The highest BCUT2D eigenvalue weighted by atomic mass is 16.2. The van der Waals surface area contributed by atoms with Crippen LogP contribution in [-0.4, -0.2) is 64.3 Å². The van der Waals surface area contributed by atoms with Crippen LogP contribution in [0.2, 0.25) is 0 Å². The highest BCUT2D eigenvalue weighted by Crippen LogP contribution is 2.05. The summed E-state index contributed by atoms with van der Waals surface area (Å²) in [5.74, 6) is -0.0287. The molecular formula is C9H15N5O. The molecule has 1 aromatic rings. The van der Waals surface area contributed by atoms with E-state index in [-0.39, 0.29) is 5.91 Å². The molecule has 1 aromatic heterocycles. The van der Waals surface area contributed by atoms with E-state index >= 15 is 0 Å². The lowest BCUT2D eigenvalue weighted by Crippen LogP contribution is -2.34. The van der Waals surface area contributed by atoms with Gasteiger partial charge in [0.1, 0.15) is 0 Å². The fraction of sp³-hybridized carbons (Fsp3) is 0.667. The van der Waals surface area contributed by atoms with Gasteiger partial charge in [0.15, 0.2) is 5.69 Å². The fourth-order valence-corrected chi connectivity index (χ4v) is 1.72. The smallest absolute Gasteiger partial charge is 0.276 e. The molecule has 1 N–H and O–H groups in total. The summed E-state index contributed by atoms with van der Waals surface area (Å²) in [5.41, 5.74) is 0.402. The largest absolute Gasteiger partial charge is 0.336 e. The van der Waals surface area contributed by atoms with E-state index in [0.29, 0.717) is 5.69 Å². The zero-order valence-electron chi connectivity index (χ0n) is 8.81. The van der Waals surface area contributed by atoms with Crippen molar-refractivity contribution in [2.75, 3.05) is 33.2 Å². The zero-order chi connectivity index (χ0) is 10.7. The second kappa shape index (κ2) is 4.39. The number of likely N-dealkylation sites (N-methyl/N-ethyl adjacent to an activating group) is 1. The minimum Gasteiger partial charge on any atom is -0.336 e. The highest BCUT2D eigenvalue weighted by molar-refractivity contribution is 5.91. The van der Waals surface area contributed by atoms with Gasteiger partial charge in [-0.05, 0) is 20.0 Å². The first-order valence-corrected chi connectivity index (χ1v) is 5.11. The molecule has 0 radical (unpaired) electrons. The van der Waals surface area contributed by atoms with Gasteiger partial charge in [0.25, 0.3) is 5.91 Å². The lowest BCUT2D eigenvalue weighted by molar-refractivity contribution is 0.0757. The van der Waals surface area contributed by atoms with Crippen molar-refractivity contribution < 1.29 is 4.79 Å². The van der Waals surface area contributed by atoms with Crippen molar-refractivity contribution in [3.8, 4) is 0 Å². The van der Waals surface area contributed by atoms with Crippen LogP contribution in [0.25, 0.3) is 0 Å². The van der Waals surface area contributed by atoms with E-state index in [0.717, 1.165) is 32.6 Å². The molecule has 6 nitrogen and oxygen atoms in total. The maximum absolute atomic E-state index is 11.9. The van der Waals surface area contributed by atoms with Gasteiger partial charge >= 0.3 is 0 Å². The topological polar surface area (TPSA) is 65.1 Å². The molecule has 0 saturated carbocycles. The molecule has 1 amide bonds. The van der Waals surface area contributed by atoms with E-state index in [9.17, 15) is 4.79 Å². The molecule has 1 aliphatic heterocycles. The lowest BCUT2D eigenvalue weighted by Gasteiger charge is -2.18. The minimum atomic E-state index is -0.0287. The van der Waals surface area contributed by atoms with Gasteiger partial charge in [0, 0.05) is 19.6 Å². The Morgan fingerprint density at radius 3 is 3.00 bits per heavy atom. The SMILES string of the molecule is CN1CCCN(C(=O)c2cn[nH]n2)CC1. The van der Waals surface area contributed by atoms with Gasteiger partial charge in [-0.3, -0.25) is 4.79 Å². The lowest BCUT2D eigenvalue weighted by atomic mass is 10.3. The van der Waals surface area contributed by atoms with E-state index in [1.807, 2.05) is 4.90 Å². The molecule has 0 aromatic carbocycles. The number of nitrogens with one attached hydrogen (secondary N) is 1. The molecule has 0 bridgehead atoms. The van der Waals surface area contributed by atoms with Gasteiger partial charge in [-0.25, -0.2) is 0 Å². The Labute approximate surface area is 88.2 Å². The van der Waals surface area contributed by atoms with Gasteiger partial charge in [-0.1, -0.05) is 0 Å². The van der Waals surface area contributed by atoms with Crippen LogP contribution in [0.3, 0.4) is 0 Å². The molecule has 0 aliphatic carbocycles. The molecular weight excluding hydrogens is 194 g/mol. The second-order valence-corrected chi connectivity index (χ2v) is 3.80. The maximum atomic E-state index is 11.9. The molecule has 0 atom stereocenters. The van der Waals surface area contributed by atoms with Crippen molar-refractivity contribution in [2.24, 2.45) is 0 Å². The van der Waals surface area contributed by atoms with Crippen LogP contribution < -0.4 is 0 Å². The van der Waals surface area contributed by atoms with E-state index in [1.165, 1.54) is 6.20 Å². The first-order valence-electron chi connectivity index (χ1n) is 5.11. The average Bonchev–Trinajstić information content (AvgIpc) is 2.67. The monoisotopic (exact) mass is 209 g/mol. The van der Waals surface area contributed by atoms with Gasteiger partial charge < -0.3 is 9.80 Å². The van der Waals surface area contributed by atoms with Crippen molar-refractivity contribution in [2.45, 2.75) is 6.42 Å². The Balaban J connectivity index is 2.01. The predicted octanol–water partition coefficient (Wildman–Crippen LogP) is -0.418. The summed E-state index contributed by atoms with van der Waals surface area (Å²) < 4.78 is 0. The number of aromatic nitrogens is 3. The van der Waals surface area contributed by atoms with Gasteiger partial charge in [0.2, 0.25) is 0 Å². The third kappa shape index (κ3) is 2.33. The number of carbonyl (C=O) groups excluding carboxylic acids is 1. The number of hydrogen-bond acceptors (Lipinski definition) is 4. The minimum absolute atomic E-state index is 0.0287. The first kappa shape index (κ1) is 10.1. The molecule has 1 aliphatic rings. The van der Waals surface area contributed by atoms with Crippen molar-refractivity contribution in [1.82, 2.24) is 25.2 Å². The molecule has 0 spiro atoms. The van der Waals surface area contributed by atoms with E-state index in [2.05, 4.69) is 27.4 Å². The predicted molar refractivity (Wildman–Crippen MR) is 54.4 cm³/mol. The number of rotatable bonds is 1. The normalized spacial score (nSPS) is 18.9. The Morgan fingerprint density at radius 2 is 2.27 bits per heavy atom. The summed E-state index contributed by atoms with van der Waals surface area (Å²) in [7, 11) is 2.07. The Hall–Kier alpha value is -1.43. The summed E-state index contributed by atoms with van der Waals surface area (Å²) >= 11 is 0. The molecule has 82 valence electrons. The molecule has 2 rings (SSSR count). The number of carbonyl (C=O) groups is 1. The summed E-state index contributed by atoms with van der Waals surface area (Å²) in [4.78, 5) is 16.0. The Bertz CT molecular complexity index is 323. The number of aromatic amines is 1. The Morgan fingerprint density at radius 1 is 1.40 bits per heavy atom. The number of amides is 1. The van der Waals surface area contributed by atoms with Crippen LogP contribution >= 0.6 is 0 Å². The van der Waals surface area contributed by atoms with Crippen LogP contribution in [0.15, 0.2) is 6.20 Å². The first-order chi connectivity index (χ1) is 7.27. The van der Waals surface area contributed by atoms with Crippen LogP contribution in [0.5, 0.6) is 0 Å². The molecule has 1 saturated heterocycles. The fourth-order valence-electron chi connectivity index (χ4n) is 1.72. The zero-order valence-corrected chi connectivity index (χ0v) is 8.81. The van der Waals surface area contributed by atoms with Gasteiger partial charge in [0.05, 0.1) is 6.20 Å². The standard InChI is InChI=1S/C9H15N5O/c1-13-3-2-4-14(6-5-13)9(15)8-7-10-12-11-8/h7H,2-6H2,1H3,(H,10,11,12). The van der Waals surface area contributed by atoms with Crippen molar-refractivity contribution in [3.05, 3.63) is 11.9 Å². The maximum Gasteiger partial charge on any atom is 0.276 e. The third-order valence-corrected chi connectivity index (χ3v) is 2.64. The molecule has 1 fully saturated rings. The Kier molecular flexibility index (Phi) is 2.96. The average molecular weight is 209 g/mol. The third-order valence-electron chi connectivity index (χ3n) is 2.64. The molecule has 2 heterocycles. The van der Waals surface area contributed by atoms with Crippen LogP contribution in [0.1, 0.15) is 16.9 Å². The second-order valence-electron chi connectivity index (χ2n) is 3.80. The van der Waals surface area contributed by atoms with Gasteiger partial charge in [-0.2, -0.15) is 15.4 Å². The summed E-state index contributed by atoms with van der Waals surface area (Å²) in [6.45, 7) is 3.53. The van der Waals surface area contributed by atoms with E-state index in [4.69, 9.17) is 0 Å². The molecule has 6 heteroatoms. The van der Waals surface area contributed by atoms with Gasteiger partial charge in [-0.15, -0.1) is 0 Å². The summed E-state index contributed by atoms with van der Waals surface area (Å²) in [5, 5.41) is 9.90. The summed E-state index contributed by atoms with van der Waals surface area (Å²) in [6, 6.07) is 0. The highest BCUT2D eigenvalue weighted by Gasteiger charge is 2.20. The summed E-state index contributed by atoms with van der Waals surface area (Å²) in [6.07, 6.45) is 2.48. The van der Waals surface area contributed by atoms with Crippen molar-refractivity contribution in [3.63, 3.8) is 0 Å². The number of hydrogen-bond donors (Lipinski definition) is 1. The van der Waals surface area contributed by atoms with Crippen LogP contribution in [-0.2, 0) is 0 Å². The van der Waals surface area contributed by atoms with Crippen LogP contribution in [0.4, 0.5) is 0 Å². The van der Waals surface area contributed by atoms with Crippen molar-refractivity contribution >= 4 is 5.91 Å². The van der Waals surface area contributed by atoms with Crippen LogP contribution in [0, 0.1) is 0 Å². The van der Waals surface area contributed by atoms with E-state index < -0.39 is 0 Å².